The predicted molar refractivity (Wildman–Crippen MR) is 69.4 cm³/mol. The molecule has 0 spiro atoms. The van der Waals surface area contributed by atoms with Gasteiger partial charge in [-0.1, -0.05) is 20.8 Å². The van der Waals surface area contributed by atoms with E-state index in [9.17, 15) is 14.4 Å². The van der Waals surface area contributed by atoms with Gasteiger partial charge in [-0.25, -0.2) is 4.79 Å². The lowest BCUT2D eigenvalue weighted by atomic mass is 9.76. The SMILES string of the molecule is CC(NC(=O)C(C)(C)C)C(=O)NC1(C(=O)O)CCC1. The smallest absolute Gasteiger partial charge is 0.329 e. The molecular weight excluding hydrogens is 248 g/mol. The molecule has 19 heavy (non-hydrogen) atoms. The van der Waals surface area contributed by atoms with Gasteiger partial charge in [-0.15, -0.1) is 0 Å². The van der Waals surface area contributed by atoms with E-state index >= 15 is 0 Å². The number of carboxylic acid groups (broad SMARTS) is 1. The summed E-state index contributed by atoms with van der Waals surface area (Å²) in [7, 11) is 0. The van der Waals surface area contributed by atoms with Crippen molar-refractivity contribution in [1.82, 2.24) is 10.6 Å². The Morgan fingerprint density at radius 3 is 2.05 bits per heavy atom. The molecule has 108 valence electrons. The van der Waals surface area contributed by atoms with E-state index in [1.54, 1.807) is 27.7 Å². The van der Waals surface area contributed by atoms with Crippen LogP contribution < -0.4 is 10.6 Å². The van der Waals surface area contributed by atoms with Crippen LogP contribution in [0.15, 0.2) is 0 Å². The molecule has 0 bridgehead atoms. The van der Waals surface area contributed by atoms with Gasteiger partial charge in [0.2, 0.25) is 11.8 Å². The average molecular weight is 270 g/mol. The van der Waals surface area contributed by atoms with Crippen molar-refractivity contribution < 1.29 is 19.5 Å². The van der Waals surface area contributed by atoms with Crippen molar-refractivity contribution in [3.8, 4) is 0 Å². The maximum Gasteiger partial charge on any atom is 0.329 e. The van der Waals surface area contributed by atoms with Crippen LogP contribution in [0, 0.1) is 5.41 Å². The van der Waals surface area contributed by atoms with Gasteiger partial charge in [-0.2, -0.15) is 0 Å². The third-order valence-corrected chi connectivity index (χ3v) is 3.40. The number of carbonyl (C=O) groups is 3. The molecule has 2 amide bonds. The molecule has 1 fully saturated rings. The lowest BCUT2D eigenvalue weighted by molar-refractivity contribution is -0.152. The first kappa shape index (κ1) is 15.5. The lowest BCUT2D eigenvalue weighted by Crippen LogP contribution is -2.62. The second-order valence-corrected chi connectivity index (χ2v) is 6.18. The zero-order valence-electron chi connectivity index (χ0n) is 11.9. The number of carboxylic acids is 1. The summed E-state index contributed by atoms with van der Waals surface area (Å²) in [4.78, 5) is 34.8. The quantitative estimate of drug-likeness (QED) is 0.699. The molecule has 1 saturated carbocycles. The molecule has 6 nitrogen and oxygen atoms in total. The van der Waals surface area contributed by atoms with Crippen molar-refractivity contribution in [3.63, 3.8) is 0 Å². The number of aliphatic carboxylic acids is 1. The van der Waals surface area contributed by atoms with Gasteiger partial charge in [0.1, 0.15) is 11.6 Å². The fraction of sp³-hybridized carbons (Fsp3) is 0.769. The van der Waals surface area contributed by atoms with Crippen molar-refractivity contribution in [2.45, 2.75) is 58.5 Å². The zero-order chi connectivity index (χ0) is 14.8. The molecule has 1 aliphatic carbocycles. The highest BCUT2D eigenvalue weighted by Crippen LogP contribution is 2.32. The van der Waals surface area contributed by atoms with Gasteiger partial charge >= 0.3 is 5.97 Å². The topological polar surface area (TPSA) is 95.5 Å². The summed E-state index contributed by atoms with van der Waals surface area (Å²) < 4.78 is 0. The minimum Gasteiger partial charge on any atom is -0.480 e. The molecule has 0 saturated heterocycles. The second-order valence-electron chi connectivity index (χ2n) is 6.18. The standard InChI is InChI=1S/C13H22N2O4/c1-8(14-10(17)12(2,3)4)9(16)15-13(11(18)19)6-5-7-13/h8H,5-7H2,1-4H3,(H,14,17)(H,15,16)(H,18,19). The molecule has 0 aromatic rings. The minimum absolute atomic E-state index is 0.242. The van der Waals surface area contributed by atoms with E-state index in [1.165, 1.54) is 0 Å². The Hall–Kier alpha value is -1.59. The highest BCUT2D eigenvalue weighted by atomic mass is 16.4. The number of rotatable bonds is 4. The first-order valence-corrected chi connectivity index (χ1v) is 6.45. The van der Waals surface area contributed by atoms with Gasteiger partial charge in [0, 0.05) is 5.41 Å². The van der Waals surface area contributed by atoms with Crippen LogP contribution in [0.3, 0.4) is 0 Å². The van der Waals surface area contributed by atoms with E-state index in [2.05, 4.69) is 10.6 Å². The molecule has 0 aromatic heterocycles. The van der Waals surface area contributed by atoms with Gasteiger partial charge in [0.25, 0.3) is 0 Å². The number of hydrogen-bond acceptors (Lipinski definition) is 3. The summed E-state index contributed by atoms with van der Waals surface area (Å²) in [5, 5.41) is 14.2. The Morgan fingerprint density at radius 2 is 1.74 bits per heavy atom. The summed E-state index contributed by atoms with van der Waals surface area (Å²) >= 11 is 0. The Labute approximate surface area is 112 Å². The van der Waals surface area contributed by atoms with E-state index < -0.39 is 28.9 Å². The molecule has 1 aliphatic rings. The van der Waals surface area contributed by atoms with Crippen LogP contribution in [0.25, 0.3) is 0 Å². The first-order valence-electron chi connectivity index (χ1n) is 6.45. The van der Waals surface area contributed by atoms with Crippen LogP contribution in [-0.2, 0) is 14.4 Å². The number of amides is 2. The van der Waals surface area contributed by atoms with Gasteiger partial charge in [-0.05, 0) is 26.2 Å². The molecule has 0 heterocycles. The molecular formula is C13H22N2O4. The van der Waals surface area contributed by atoms with E-state index in [0.717, 1.165) is 6.42 Å². The number of nitrogens with one attached hydrogen (secondary N) is 2. The number of hydrogen-bond donors (Lipinski definition) is 3. The van der Waals surface area contributed by atoms with Crippen molar-refractivity contribution in [2.24, 2.45) is 5.41 Å². The second kappa shape index (κ2) is 5.19. The van der Waals surface area contributed by atoms with Crippen LogP contribution in [0.1, 0.15) is 47.0 Å². The van der Waals surface area contributed by atoms with Crippen molar-refractivity contribution in [3.05, 3.63) is 0 Å². The molecule has 0 aromatic carbocycles. The third-order valence-electron chi connectivity index (χ3n) is 3.40. The summed E-state index contributed by atoms with van der Waals surface area (Å²) in [6, 6.07) is -0.747. The highest BCUT2D eigenvalue weighted by Gasteiger charge is 2.46. The van der Waals surface area contributed by atoms with Crippen molar-refractivity contribution in [2.75, 3.05) is 0 Å². The maximum absolute atomic E-state index is 11.9. The van der Waals surface area contributed by atoms with Crippen LogP contribution >= 0.6 is 0 Å². The fourth-order valence-corrected chi connectivity index (χ4v) is 1.75. The summed E-state index contributed by atoms with van der Waals surface area (Å²) in [5.74, 6) is -1.71. The van der Waals surface area contributed by atoms with Gasteiger partial charge in [0.05, 0.1) is 0 Å². The molecule has 0 radical (unpaired) electrons. The Bertz CT molecular complexity index is 394. The minimum atomic E-state index is -1.14. The van der Waals surface area contributed by atoms with Crippen LogP contribution in [0.5, 0.6) is 0 Å². The van der Waals surface area contributed by atoms with Crippen LogP contribution in [-0.4, -0.2) is 34.5 Å². The van der Waals surface area contributed by atoms with E-state index in [0.29, 0.717) is 12.8 Å². The summed E-state index contributed by atoms with van der Waals surface area (Å²) in [6.07, 6.45) is 1.66. The fourth-order valence-electron chi connectivity index (χ4n) is 1.75. The van der Waals surface area contributed by atoms with Crippen LogP contribution in [0.4, 0.5) is 0 Å². The average Bonchev–Trinajstić information content (AvgIpc) is 2.20. The molecule has 1 unspecified atom stereocenters. The predicted octanol–water partition coefficient (Wildman–Crippen LogP) is 0.661. The number of carbonyl (C=O) groups excluding carboxylic acids is 2. The molecule has 1 rings (SSSR count). The van der Waals surface area contributed by atoms with Crippen molar-refractivity contribution >= 4 is 17.8 Å². The van der Waals surface area contributed by atoms with Gasteiger partial charge < -0.3 is 15.7 Å². The molecule has 1 atom stereocenters. The van der Waals surface area contributed by atoms with Gasteiger partial charge in [-0.3, -0.25) is 9.59 Å². The zero-order valence-corrected chi connectivity index (χ0v) is 11.9. The third kappa shape index (κ3) is 3.45. The lowest BCUT2D eigenvalue weighted by Gasteiger charge is -2.39. The normalized spacial score (nSPS) is 18.9. The Morgan fingerprint density at radius 1 is 1.21 bits per heavy atom. The monoisotopic (exact) mass is 270 g/mol. The van der Waals surface area contributed by atoms with Crippen molar-refractivity contribution in [1.29, 1.82) is 0 Å². The van der Waals surface area contributed by atoms with Gasteiger partial charge in [0.15, 0.2) is 0 Å². The molecule has 3 N–H and O–H groups in total. The summed E-state index contributed by atoms with van der Waals surface area (Å²) in [5.41, 5.74) is -1.73. The van der Waals surface area contributed by atoms with Crippen LogP contribution in [0.2, 0.25) is 0 Å². The maximum atomic E-state index is 11.9. The highest BCUT2D eigenvalue weighted by molar-refractivity contribution is 5.93. The largest absolute Gasteiger partial charge is 0.480 e. The molecule has 6 heteroatoms. The van der Waals surface area contributed by atoms with E-state index in [1.807, 2.05) is 0 Å². The molecule has 0 aliphatic heterocycles. The Kier molecular flexibility index (Phi) is 4.22. The van der Waals surface area contributed by atoms with E-state index in [-0.39, 0.29) is 5.91 Å². The van der Waals surface area contributed by atoms with E-state index in [4.69, 9.17) is 5.11 Å². The Balaban J connectivity index is 2.59. The first-order chi connectivity index (χ1) is 8.58. The summed E-state index contributed by atoms with van der Waals surface area (Å²) in [6.45, 7) is 6.79.